The fraction of sp³-hybridized carbons (Fsp3) is 0.167. The lowest BCUT2D eigenvalue weighted by Gasteiger charge is -1.88. The topological polar surface area (TPSA) is 77.8 Å². The van der Waals surface area contributed by atoms with E-state index in [9.17, 15) is 4.79 Å². The molecule has 0 spiro atoms. The van der Waals surface area contributed by atoms with Crippen LogP contribution in [0.15, 0.2) is 23.7 Å². The van der Waals surface area contributed by atoms with Gasteiger partial charge in [-0.2, -0.15) is 0 Å². The standard InChI is InChI=1S/C6H8O4/c1-4(7)2-5(8)3-6(9)10/h2-3,7-8H,1H3,(H,9,10)/b4-2-,5-3-. The van der Waals surface area contributed by atoms with Crippen LogP contribution in [-0.4, -0.2) is 21.3 Å². The van der Waals surface area contributed by atoms with E-state index < -0.39 is 11.7 Å². The summed E-state index contributed by atoms with van der Waals surface area (Å²) in [5.74, 6) is -1.88. The molecule has 0 rings (SSSR count). The van der Waals surface area contributed by atoms with Gasteiger partial charge in [-0.1, -0.05) is 0 Å². The van der Waals surface area contributed by atoms with Crippen molar-refractivity contribution in [1.29, 1.82) is 0 Å². The molecule has 0 aromatic heterocycles. The van der Waals surface area contributed by atoms with Crippen molar-refractivity contribution < 1.29 is 20.1 Å². The van der Waals surface area contributed by atoms with Crippen molar-refractivity contribution in [2.45, 2.75) is 6.92 Å². The Balaban J connectivity index is 4.22. The average molecular weight is 144 g/mol. The molecule has 0 unspecified atom stereocenters. The molecular weight excluding hydrogens is 136 g/mol. The summed E-state index contributed by atoms with van der Waals surface area (Å²) in [7, 11) is 0. The maximum Gasteiger partial charge on any atom is 0.332 e. The van der Waals surface area contributed by atoms with Crippen molar-refractivity contribution in [3.05, 3.63) is 23.7 Å². The van der Waals surface area contributed by atoms with Gasteiger partial charge in [-0.15, -0.1) is 0 Å². The van der Waals surface area contributed by atoms with Crippen molar-refractivity contribution in [2.75, 3.05) is 0 Å². The van der Waals surface area contributed by atoms with Crippen molar-refractivity contribution in [3.8, 4) is 0 Å². The number of aliphatic carboxylic acids is 1. The van der Waals surface area contributed by atoms with Crippen molar-refractivity contribution in [2.24, 2.45) is 0 Å². The van der Waals surface area contributed by atoms with E-state index in [-0.39, 0.29) is 5.76 Å². The molecule has 0 heterocycles. The van der Waals surface area contributed by atoms with Gasteiger partial charge in [-0.25, -0.2) is 4.79 Å². The number of rotatable bonds is 2. The van der Waals surface area contributed by atoms with Crippen molar-refractivity contribution >= 4 is 5.97 Å². The molecule has 4 heteroatoms. The van der Waals surface area contributed by atoms with E-state index in [2.05, 4.69) is 0 Å². The second-order valence-corrected chi connectivity index (χ2v) is 1.69. The molecule has 0 aliphatic carbocycles. The number of carbonyl (C=O) groups is 1. The first-order valence-corrected chi connectivity index (χ1v) is 2.53. The highest BCUT2D eigenvalue weighted by molar-refractivity contribution is 5.80. The second kappa shape index (κ2) is 3.55. The lowest BCUT2D eigenvalue weighted by Crippen LogP contribution is -1.90. The summed E-state index contributed by atoms with van der Waals surface area (Å²) in [6.45, 7) is 1.33. The Morgan fingerprint density at radius 3 is 2.00 bits per heavy atom. The largest absolute Gasteiger partial charge is 0.512 e. The maximum atomic E-state index is 9.84. The SMILES string of the molecule is C/C(O)=C/C(O)=C/C(=O)O. The number of carboxylic acid groups (broad SMARTS) is 1. The Hall–Kier alpha value is -1.45. The third-order valence-corrected chi connectivity index (χ3v) is 0.628. The van der Waals surface area contributed by atoms with Gasteiger partial charge in [0.15, 0.2) is 0 Å². The van der Waals surface area contributed by atoms with Gasteiger partial charge in [-0.05, 0) is 6.92 Å². The predicted octanol–water partition coefficient (Wildman–Crippen LogP) is 0.975. The fourth-order valence-electron chi connectivity index (χ4n) is 0.382. The second-order valence-electron chi connectivity index (χ2n) is 1.69. The zero-order chi connectivity index (χ0) is 8.15. The number of carboxylic acids is 1. The minimum absolute atomic E-state index is 0.144. The maximum absolute atomic E-state index is 9.84. The van der Waals surface area contributed by atoms with Crippen LogP contribution in [0.5, 0.6) is 0 Å². The van der Waals surface area contributed by atoms with Crippen LogP contribution < -0.4 is 0 Å². The van der Waals surface area contributed by atoms with Crippen LogP contribution in [0.4, 0.5) is 0 Å². The van der Waals surface area contributed by atoms with Crippen molar-refractivity contribution in [3.63, 3.8) is 0 Å². The molecule has 0 fully saturated rings. The fourth-order valence-corrected chi connectivity index (χ4v) is 0.382. The molecule has 0 aromatic rings. The highest BCUT2D eigenvalue weighted by Gasteiger charge is 1.92. The van der Waals surface area contributed by atoms with Gasteiger partial charge in [0.25, 0.3) is 0 Å². The minimum atomic E-state index is -1.25. The summed E-state index contributed by atoms with van der Waals surface area (Å²) in [6, 6.07) is 0. The van der Waals surface area contributed by atoms with Crippen LogP contribution in [-0.2, 0) is 4.79 Å². The molecule has 0 amide bonds. The van der Waals surface area contributed by atoms with Gasteiger partial charge in [0.2, 0.25) is 0 Å². The van der Waals surface area contributed by atoms with Gasteiger partial charge >= 0.3 is 5.97 Å². The molecule has 0 radical (unpaired) electrons. The zero-order valence-corrected chi connectivity index (χ0v) is 5.40. The molecule has 10 heavy (non-hydrogen) atoms. The third-order valence-electron chi connectivity index (χ3n) is 0.628. The Kier molecular flexibility index (Phi) is 3.04. The number of hydrogen-bond donors (Lipinski definition) is 3. The van der Waals surface area contributed by atoms with Gasteiger partial charge in [0.05, 0.1) is 11.8 Å². The van der Waals surface area contributed by atoms with Gasteiger partial charge in [-0.3, -0.25) is 0 Å². The highest BCUT2D eigenvalue weighted by Crippen LogP contribution is 1.94. The van der Waals surface area contributed by atoms with E-state index >= 15 is 0 Å². The molecule has 3 N–H and O–H groups in total. The number of aliphatic hydroxyl groups is 2. The Morgan fingerprint density at radius 2 is 1.70 bits per heavy atom. The Bertz CT molecular complexity index is 186. The van der Waals surface area contributed by atoms with Gasteiger partial charge in [0.1, 0.15) is 5.76 Å². The zero-order valence-electron chi connectivity index (χ0n) is 5.40. The van der Waals surface area contributed by atoms with E-state index in [1.54, 1.807) is 0 Å². The lowest BCUT2D eigenvalue weighted by atomic mass is 10.4. The van der Waals surface area contributed by atoms with E-state index in [0.717, 1.165) is 6.08 Å². The first kappa shape index (κ1) is 8.55. The van der Waals surface area contributed by atoms with Crippen LogP contribution in [0.2, 0.25) is 0 Å². The average Bonchev–Trinajstić information content (AvgIpc) is 1.58. The summed E-state index contributed by atoms with van der Waals surface area (Å²) in [4.78, 5) is 9.84. The number of allylic oxidation sites excluding steroid dienone is 2. The van der Waals surface area contributed by atoms with Crippen LogP contribution in [0.25, 0.3) is 0 Å². The number of aliphatic hydroxyl groups excluding tert-OH is 2. The molecule has 0 atom stereocenters. The van der Waals surface area contributed by atoms with Crippen molar-refractivity contribution in [1.82, 2.24) is 0 Å². The molecule has 0 aromatic carbocycles. The van der Waals surface area contributed by atoms with Crippen LogP contribution in [0, 0.1) is 0 Å². The first-order valence-electron chi connectivity index (χ1n) is 2.53. The summed E-state index contributed by atoms with van der Waals surface area (Å²) in [5, 5.41) is 25.2. The summed E-state index contributed by atoms with van der Waals surface area (Å²) < 4.78 is 0. The minimum Gasteiger partial charge on any atom is -0.512 e. The summed E-state index contributed by atoms with van der Waals surface area (Å²) >= 11 is 0. The quantitative estimate of drug-likeness (QED) is 0.306. The summed E-state index contributed by atoms with van der Waals surface area (Å²) in [6.07, 6.45) is 1.52. The van der Waals surface area contributed by atoms with Crippen LogP contribution in [0.3, 0.4) is 0 Å². The summed E-state index contributed by atoms with van der Waals surface area (Å²) in [5.41, 5.74) is 0. The molecule has 56 valence electrons. The van der Waals surface area contributed by atoms with E-state index in [4.69, 9.17) is 15.3 Å². The third kappa shape index (κ3) is 4.70. The van der Waals surface area contributed by atoms with E-state index in [1.807, 2.05) is 0 Å². The smallest absolute Gasteiger partial charge is 0.332 e. The molecule has 0 bridgehead atoms. The van der Waals surface area contributed by atoms with E-state index in [1.165, 1.54) is 6.92 Å². The van der Waals surface area contributed by atoms with Gasteiger partial charge < -0.3 is 15.3 Å². The molecule has 0 aliphatic heterocycles. The number of hydrogen-bond acceptors (Lipinski definition) is 3. The first-order chi connectivity index (χ1) is 4.52. The molecule has 0 aliphatic rings. The highest BCUT2D eigenvalue weighted by atomic mass is 16.4. The van der Waals surface area contributed by atoms with Crippen LogP contribution in [0.1, 0.15) is 6.92 Å². The molecule has 0 saturated heterocycles. The Morgan fingerprint density at radius 1 is 1.20 bits per heavy atom. The molecule has 4 nitrogen and oxygen atoms in total. The van der Waals surface area contributed by atoms with Crippen LogP contribution >= 0.6 is 0 Å². The monoisotopic (exact) mass is 144 g/mol. The molecular formula is C6H8O4. The Labute approximate surface area is 57.7 Å². The van der Waals surface area contributed by atoms with Gasteiger partial charge in [0, 0.05) is 6.08 Å². The van der Waals surface area contributed by atoms with E-state index in [0.29, 0.717) is 6.08 Å². The normalized spacial score (nSPS) is 13.3. The molecule has 0 saturated carbocycles. The lowest BCUT2D eigenvalue weighted by molar-refractivity contribution is -0.131. The predicted molar refractivity (Wildman–Crippen MR) is 34.7 cm³/mol.